The minimum absolute atomic E-state index is 0.0679. The fourth-order valence-corrected chi connectivity index (χ4v) is 6.14. The lowest BCUT2D eigenvalue weighted by molar-refractivity contribution is -0.153. The van der Waals surface area contributed by atoms with Crippen LogP contribution in [-0.2, 0) is 23.9 Å². The van der Waals surface area contributed by atoms with Crippen LogP contribution in [0.5, 0.6) is 0 Å². The fraction of sp³-hybridized carbons (Fsp3) is 0.296. The standard InChI is InChI=1S/C27H24ClN3O5S2/c1-17(32)35-14-20-15-38-26-22(30-21(28)16-37-13-12-29)25(33)31(26)23(20)27(34)36-24(18-8-4-2-5-9-18)19-10-6-3-7-11-19/h2-11,22,24,26H,13-16H2,1H3/t22-,26-/m1/s1. The Labute approximate surface area is 234 Å². The minimum Gasteiger partial charge on any atom is -0.461 e. The summed E-state index contributed by atoms with van der Waals surface area (Å²) in [6.45, 7) is 1.15. The first-order chi connectivity index (χ1) is 18.4. The van der Waals surface area contributed by atoms with Crippen LogP contribution in [0.1, 0.15) is 24.2 Å². The zero-order valence-corrected chi connectivity index (χ0v) is 22.8. The van der Waals surface area contributed by atoms with Crippen LogP contribution in [0, 0.1) is 11.3 Å². The zero-order chi connectivity index (χ0) is 27.1. The molecule has 0 spiro atoms. The fourth-order valence-electron chi connectivity index (χ4n) is 4.05. The molecule has 0 aromatic heterocycles. The number of carbonyl (C=O) groups is 3. The van der Waals surface area contributed by atoms with Crippen molar-refractivity contribution in [2.24, 2.45) is 4.99 Å². The first-order valence-electron chi connectivity index (χ1n) is 11.7. The second-order valence-corrected chi connectivity index (χ2v) is 10.9. The number of amides is 1. The molecule has 0 aliphatic carbocycles. The lowest BCUT2D eigenvalue weighted by Gasteiger charge is -2.48. The molecule has 2 atom stereocenters. The van der Waals surface area contributed by atoms with E-state index in [9.17, 15) is 14.4 Å². The molecular weight excluding hydrogens is 546 g/mol. The molecular formula is C27H24ClN3O5S2. The summed E-state index contributed by atoms with van der Waals surface area (Å²) in [5.41, 5.74) is 2.10. The summed E-state index contributed by atoms with van der Waals surface area (Å²) in [6.07, 6.45) is -0.711. The van der Waals surface area contributed by atoms with Crippen molar-refractivity contribution in [2.75, 3.05) is 23.9 Å². The summed E-state index contributed by atoms with van der Waals surface area (Å²) < 4.78 is 11.2. The zero-order valence-electron chi connectivity index (χ0n) is 20.4. The molecule has 2 aliphatic rings. The molecule has 0 radical (unpaired) electrons. The van der Waals surface area contributed by atoms with E-state index in [1.807, 2.05) is 66.7 Å². The highest BCUT2D eigenvalue weighted by molar-refractivity contribution is 8.00. The summed E-state index contributed by atoms with van der Waals surface area (Å²) in [6, 6.07) is 19.9. The van der Waals surface area contributed by atoms with Gasteiger partial charge >= 0.3 is 11.9 Å². The number of aliphatic imine (C=N–C) groups is 1. The highest BCUT2D eigenvalue weighted by Gasteiger charge is 2.54. The molecule has 0 bridgehead atoms. The molecule has 8 nitrogen and oxygen atoms in total. The molecule has 0 saturated carbocycles. The Morgan fingerprint density at radius 2 is 1.82 bits per heavy atom. The maximum absolute atomic E-state index is 13.7. The highest BCUT2D eigenvalue weighted by Crippen LogP contribution is 2.43. The van der Waals surface area contributed by atoms with E-state index in [2.05, 4.69) is 4.99 Å². The van der Waals surface area contributed by atoms with Crippen LogP contribution in [0.15, 0.2) is 76.9 Å². The van der Waals surface area contributed by atoms with E-state index in [1.165, 1.54) is 35.3 Å². The average molecular weight is 570 g/mol. The molecule has 38 heavy (non-hydrogen) atoms. The first kappa shape index (κ1) is 27.8. The van der Waals surface area contributed by atoms with Crippen LogP contribution in [-0.4, -0.2) is 63.2 Å². The van der Waals surface area contributed by atoms with Crippen LogP contribution in [0.2, 0.25) is 0 Å². The third-order valence-corrected chi connectivity index (χ3v) is 8.28. The molecule has 2 aromatic carbocycles. The number of nitrogens with zero attached hydrogens (tertiary/aromatic N) is 3. The Balaban J connectivity index is 1.62. The number of benzene rings is 2. The SMILES string of the molecule is CC(=O)OCC1=C(C(=O)OC(c2ccccc2)c2ccccc2)N2C(=O)[C@@H](N=C(Cl)CSCC#N)[C@H]2SC1. The monoisotopic (exact) mass is 569 g/mol. The van der Waals surface area contributed by atoms with Gasteiger partial charge < -0.3 is 9.47 Å². The largest absolute Gasteiger partial charge is 0.461 e. The summed E-state index contributed by atoms with van der Waals surface area (Å²) in [4.78, 5) is 44.2. The quantitative estimate of drug-likeness (QED) is 0.180. The lowest BCUT2D eigenvalue weighted by Crippen LogP contribution is -2.64. The van der Waals surface area contributed by atoms with Gasteiger partial charge in [0, 0.05) is 24.0 Å². The molecule has 1 amide bonds. The molecule has 2 aliphatic heterocycles. The number of rotatable bonds is 10. The van der Waals surface area contributed by atoms with E-state index < -0.39 is 35.4 Å². The molecule has 196 valence electrons. The Kier molecular flexibility index (Phi) is 9.50. The number of hydrogen-bond acceptors (Lipinski definition) is 9. The molecule has 1 fully saturated rings. The number of hydrogen-bond donors (Lipinski definition) is 0. The van der Waals surface area contributed by atoms with E-state index >= 15 is 0 Å². The van der Waals surface area contributed by atoms with Gasteiger partial charge in [-0.2, -0.15) is 5.26 Å². The highest BCUT2D eigenvalue weighted by atomic mass is 35.5. The van der Waals surface area contributed by atoms with Crippen molar-refractivity contribution in [1.82, 2.24) is 4.90 Å². The van der Waals surface area contributed by atoms with Crippen molar-refractivity contribution in [2.45, 2.75) is 24.4 Å². The van der Waals surface area contributed by atoms with E-state index in [-0.39, 0.29) is 23.2 Å². The predicted octanol–water partition coefficient (Wildman–Crippen LogP) is 4.31. The Morgan fingerprint density at radius 3 is 2.39 bits per heavy atom. The third kappa shape index (κ3) is 6.41. The van der Waals surface area contributed by atoms with Gasteiger partial charge in [0.05, 0.1) is 11.8 Å². The molecule has 0 unspecified atom stereocenters. The van der Waals surface area contributed by atoms with Gasteiger partial charge in [0.1, 0.15) is 22.8 Å². The predicted molar refractivity (Wildman–Crippen MR) is 148 cm³/mol. The summed E-state index contributed by atoms with van der Waals surface area (Å²) in [5.74, 6) is -0.662. The number of carbonyl (C=O) groups excluding carboxylic acids is 3. The number of halogens is 1. The topological polar surface area (TPSA) is 109 Å². The van der Waals surface area contributed by atoms with Gasteiger partial charge in [-0.15, -0.1) is 23.5 Å². The number of fused-ring (bicyclic) bond motifs is 1. The molecule has 2 aromatic rings. The molecule has 4 rings (SSSR count). The number of esters is 2. The number of β-lactam (4-membered cyclic amide) rings is 1. The smallest absolute Gasteiger partial charge is 0.356 e. The normalized spacial score (nSPS) is 18.9. The maximum atomic E-state index is 13.7. The van der Waals surface area contributed by atoms with Crippen LogP contribution < -0.4 is 0 Å². The van der Waals surface area contributed by atoms with E-state index in [1.54, 1.807) is 0 Å². The molecule has 2 heterocycles. The van der Waals surface area contributed by atoms with Crippen LogP contribution in [0.4, 0.5) is 0 Å². The maximum Gasteiger partial charge on any atom is 0.356 e. The summed E-state index contributed by atoms with van der Waals surface area (Å²) >= 11 is 8.93. The molecule has 1 saturated heterocycles. The van der Waals surface area contributed by atoms with E-state index in [0.29, 0.717) is 17.1 Å². The van der Waals surface area contributed by atoms with Gasteiger partial charge in [0.15, 0.2) is 12.1 Å². The second-order valence-electron chi connectivity index (χ2n) is 8.35. The molecule has 0 N–H and O–H groups in total. The Bertz CT molecular complexity index is 1260. The minimum atomic E-state index is -0.757. The Morgan fingerprint density at radius 1 is 1.18 bits per heavy atom. The van der Waals surface area contributed by atoms with Crippen molar-refractivity contribution in [3.05, 3.63) is 83.1 Å². The number of ether oxygens (including phenoxy) is 2. The number of nitriles is 1. The molecule has 11 heteroatoms. The van der Waals surface area contributed by atoms with Gasteiger partial charge in [0.25, 0.3) is 5.91 Å². The van der Waals surface area contributed by atoms with Crippen molar-refractivity contribution in [3.63, 3.8) is 0 Å². The van der Waals surface area contributed by atoms with E-state index in [4.69, 9.17) is 26.3 Å². The second kappa shape index (κ2) is 13.0. The van der Waals surface area contributed by atoms with Crippen molar-refractivity contribution >= 4 is 58.1 Å². The van der Waals surface area contributed by atoms with Crippen LogP contribution >= 0.6 is 35.1 Å². The van der Waals surface area contributed by atoms with Gasteiger partial charge in [-0.25, -0.2) is 4.79 Å². The van der Waals surface area contributed by atoms with E-state index in [0.717, 1.165) is 11.1 Å². The van der Waals surface area contributed by atoms with Gasteiger partial charge in [-0.05, 0) is 11.1 Å². The Hall–Kier alpha value is -3.26. The summed E-state index contributed by atoms with van der Waals surface area (Å²) in [7, 11) is 0. The van der Waals surface area contributed by atoms with Crippen LogP contribution in [0.25, 0.3) is 0 Å². The van der Waals surface area contributed by atoms with Gasteiger partial charge in [-0.1, -0.05) is 72.3 Å². The van der Waals surface area contributed by atoms with Crippen LogP contribution in [0.3, 0.4) is 0 Å². The number of thioether (sulfide) groups is 2. The first-order valence-corrected chi connectivity index (χ1v) is 14.3. The van der Waals surface area contributed by atoms with Gasteiger partial charge in [0.2, 0.25) is 0 Å². The lowest BCUT2D eigenvalue weighted by atomic mass is 10.0. The van der Waals surface area contributed by atoms with Crippen molar-refractivity contribution in [1.29, 1.82) is 5.26 Å². The van der Waals surface area contributed by atoms with Crippen molar-refractivity contribution < 1.29 is 23.9 Å². The third-order valence-electron chi connectivity index (χ3n) is 5.76. The average Bonchev–Trinajstić information content (AvgIpc) is 2.93. The van der Waals surface area contributed by atoms with Gasteiger partial charge in [-0.3, -0.25) is 19.5 Å². The van der Waals surface area contributed by atoms with Crippen molar-refractivity contribution in [3.8, 4) is 6.07 Å². The summed E-state index contributed by atoms with van der Waals surface area (Å²) in [5, 5.41) is 8.49.